The fourth-order valence-corrected chi connectivity index (χ4v) is 2.59. The molecule has 1 aliphatic rings. The average Bonchev–Trinajstić information content (AvgIpc) is 2.86. The van der Waals surface area contributed by atoms with Crippen molar-refractivity contribution in [1.82, 2.24) is 14.7 Å². The van der Waals surface area contributed by atoms with Gasteiger partial charge in [0.2, 0.25) is 0 Å². The third kappa shape index (κ3) is 3.10. The van der Waals surface area contributed by atoms with Crippen molar-refractivity contribution in [3.63, 3.8) is 0 Å². The monoisotopic (exact) mass is 251 g/mol. The molecule has 1 saturated heterocycles. The van der Waals surface area contributed by atoms with E-state index in [1.807, 2.05) is 11.7 Å². The molecule has 2 heterocycles. The lowest BCUT2D eigenvalue weighted by molar-refractivity contribution is -0.138. The van der Waals surface area contributed by atoms with Crippen LogP contribution in [0, 0.1) is 5.92 Å². The van der Waals surface area contributed by atoms with Crippen LogP contribution in [-0.2, 0) is 24.8 Å². The van der Waals surface area contributed by atoms with Crippen LogP contribution in [0.2, 0.25) is 0 Å². The Kier molecular flexibility index (Phi) is 4.01. The van der Waals surface area contributed by atoms with Crippen molar-refractivity contribution in [3.8, 4) is 0 Å². The minimum Gasteiger partial charge on any atom is -0.481 e. The van der Waals surface area contributed by atoms with Gasteiger partial charge in [-0.3, -0.25) is 14.4 Å². The molecule has 100 valence electrons. The molecule has 5 heteroatoms. The molecule has 1 aliphatic heterocycles. The van der Waals surface area contributed by atoms with E-state index in [0.717, 1.165) is 38.2 Å². The molecule has 0 amide bonds. The third-order valence-corrected chi connectivity index (χ3v) is 3.61. The van der Waals surface area contributed by atoms with E-state index in [9.17, 15) is 4.79 Å². The number of hydrogen-bond acceptors (Lipinski definition) is 3. The molecule has 18 heavy (non-hydrogen) atoms. The van der Waals surface area contributed by atoms with Crippen LogP contribution in [0.4, 0.5) is 0 Å². The normalized spacial score (nSPS) is 20.4. The molecular weight excluding hydrogens is 230 g/mol. The van der Waals surface area contributed by atoms with E-state index in [1.165, 1.54) is 5.69 Å². The largest absolute Gasteiger partial charge is 0.481 e. The topological polar surface area (TPSA) is 58.4 Å². The molecule has 0 saturated carbocycles. The summed E-state index contributed by atoms with van der Waals surface area (Å²) in [6.07, 6.45) is 2.24. The number of hydrogen-bond donors (Lipinski definition) is 1. The number of aryl methyl sites for hydroxylation is 2. The van der Waals surface area contributed by atoms with E-state index in [4.69, 9.17) is 5.11 Å². The molecule has 0 bridgehead atoms. The summed E-state index contributed by atoms with van der Waals surface area (Å²) in [5.41, 5.74) is 2.33. The highest BCUT2D eigenvalue weighted by atomic mass is 16.4. The fourth-order valence-electron chi connectivity index (χ4n) is 2.59. The zero-order chi connectivity index (χ0) is 13.1. The molecule has 5 nitrogen and oxygen atoms in total. The van der Waals surface area contributed by atoms with Gasteiger partial charge in [0.05, 0.1) is 11.4 Å². The Morgan fingerprint density at radius 3 is 3.00 bits per heavy atom. The smallest absolute Gasteiger partial charge is 0.303 e. The van der Waals surface area contributed by atoms with Gasteiger partial charge in [-0.05, 0) is 31.4 Å². The van der Waals surface area contributed by atoms with Crippen LogP contribution in [-0.4, -0.2) is 38.8 Å². The summed E-state index contributed by atoms with van der Waals surface area (Å²) in [7, 11) is 1.97. The number of rotatable bonds is 5. The van der Waals surface area contributed by atoms with Crippen LogP contribution in [0.3, 0.4) is 0 Å². The lowest BCUT2D eigenvalue weighted by Crippen LogP contribution is -2.22. The highest BCUT2D eigenvalue weighted by Crippen LogP contribution is 2.21. The van der Waals surface area contributed by atoms with Crippen molar-refractivity contribution in [3.05, 3.63) is 17.5 Å². The van der Waals surface area contributed by atoms with Crippen molar-refractivity contribution >= 4 is 5.97 Å². The van der Waals surface area contributed by atoms with Gasteiger partial charge in [-0.25, -0.2) is 0 Å². The number of carboxylic acid groups (broad SMARTS) is 1. The molecular formula is C13H21N3O2. The van der Waals surface area contributed by atoms with E-state index in [1.54, 1.807) is 0 Å². The zero-order valence-electron chi connectivity index (χ0n) is 11.1. The average molecular weight is 251 g/mol. The van der Waals surface area contributed by atoms with Crippen molar-refractivity contribution in [1.29, 1.82) is 0 Å². The van der Waals surface area contributed by atoms with E-state index in [0.29, 0.717) is 12.3 Å². The minimum atomic E-state index is -0.685. The molecule has 2 rings (SSSR count). The second kappa shape index (κ2) is 5.52. The van der Waals surface area contributed by atoms with Gasteiger partial charge < -0.3 is 5.11 Å². The van der Waals surface area contributed by atoms with Crippen molar-refractivity contribution in [2.75, 3.05) is 13.1 Å². The lowest BCUT2D eigenvalue weighted by atomic mass is 10.1. The second-order valence-corrected chi connectivity index (χ2v) is 5.09. The van der Waals surface area contributed by atoms with E-state index >= 15 is 0 Å². The summed E-state index contributed by atoms with van der Waals surface area (Å²) in [5.74, 6) is -0.378. The van der Waals surface area contributed by atoms with Gasteiger partial charge in [-0.2, -0.15) is 5.10 Å². The number of carboxylic acids is 1. The van der Waals surface area contributed by atoms with Crippen molar-refractivity contribution in [2.24, 2.45) is 13.0 Å². The van der Waals surface area contributed by atoms with Gasteiger partial charge in [0, 0.05) is 26.6 Å². The first-order valence-electron chi connectivity index (χ1n) is 6.54. The third-order valence-electron chi connectivity index (χ3n) is 3.61. The maximum absolute atomic E-state index is 10.7. The van der Waals surface area contributed by atoms with Crippen LogP contribution in [0.1, 0.15) is 31.2 Å². The molecule has 0 aromatic carbocycles. The first kappa shape index (κ1) is 13.1. The number of likely N-dealkylation sites (tertiary alicyclic amines) is 1. The summed E-state index contributed by atoms with van der Waals surface area (Å²) >= 11 is 0. The van der Waals surface area contributed by atoms with Crippen molar-refractivity contribution < 1.29 is 9.90 Å². The van der Waals surface area contributed by atoms with Crippen LogP contribution in [0.25, 0.3) is 0 Å². The summed E-state index contributed by atoms with van der Waals surface area (Å²) in [5, 5.41) is 13.2. The Bertz CT molecular complexity index is 428. The SMILES string of the molecule is CCc1cc(CN2CCC(CC(=O)O)C2)n(C)n1. The van der Waals surface area contributed by atoms with Crippen LogP contribution < -0.4 is 0 Å². The zero-order valence-corrected chi connectivity index (χ0v) is 11.1. The predicted octanol–water partition coefficient (Wildman–Crippen LogP) is 1.28. The van der Waals surface area contributed by atoms with Crippen LogP contribution in [0.15, 0.2) is 6.07 Å². The Morgan fingerprint density at radius 2 is 2.39 bits per heavy atom. The summed E-state index contributed by atoms with van der Waals surface area (Å²) < 4.78 is 1.93. The van der Waals surface area contributed by atoms with Gasteiger partial charge in [0.25, 0.3) is 0 Å². The van der Waals surface area contributed by atoms with Gasteiger partial charge in [-0.1, -0.05) is 6.92 Å². The first-order chi connectivity index (χ1) is 8.58. The Hall–Kier alpha value is -1.36. The minimum absolute atomic E-state index is 0.294. The summed E-state index contributed by atoms with van der Waals surface area (Å²) in [6, 6.07) is 2.14. The Labute approximate surface area is 107 Å². The first-order valence-corrected chi connectivity index (χ1v) is 6.54. The molecule has 0 spiro atoms. The second-order valence-electron chi connectivity index (χ2n) is 5.09. The van der Waals surface area contributed by atoms with E-state index < -0.39 is 5.97 Å². The van der Waals surface area contributed by atoms with Gasteiger partial charge >= 0.3 is 5.97 Å². The molecule has 1 atom stereocenters. The summed E-state index contributed by atoms with van der Waals surface area (Å²) in [6.45, 7) is 4.86. The number of carbonyl (C=O) groups is 1. The predicted molar refractivity (Wildman–Crippen MR) is 68.2 cm³/mol. The Balaban J connectivity index is 1.90. The van der Waals surface area contributed by atoms with E-state index in [2.05, 4.69) is 23.0 Å². The number of aromatic nitrogens is 2. The molecule has 1 aromatic rings. The standard InChI is InChI=1S/C13H21N3O2/c1-3-11-7-12(15(2)14-11)9-16-5-4-10(8-16)6-13(17)18/h7,10H,3-6,8-9H2,1-2H3,(H,17,18). The van der Waals surface area contributed by atoms with Crippen molar-refractivity contribution in [2.45, 2.75) is 32.7 Å². The molecule has 0 radical (unpaired) electrons. The van der Waals surface area contributed by atoms with E-state index in [-0.39, 0.29) is 0 Å². The molecule has 1 N–H and O–H groups in total. The highest BCUT2D eigenvalue weighted by Gasteiger charge is 2.25. The summed E-state index contributed by atoms with van der Waals surface area (Å²) in [4.78, 5) is 13.0. The molecule has 1 aromatic heterocycles. The maximum atomic E-state index is 10.7. The highest BCUT2D eigenvalue weighted by molar-refractivity contribution is 5.67. The van der Waals surface area contributed by atoms with Gasteiger partial charge in [-0.15, -0.1) is 0 Å². The van der Waals surface area contributed by atoms with Crippen LogP contribution >= 0.6 is 0 Å². The van der Waals surface area contributed by atoms with Gasteiger partial charge in [0.15, 0.2) is 0 Å². The fraction of sp³-hybridized carbons (Fsp3) is 0.692. The quantitative estimate of drug-likeness (QED) is 0.856. The molecule has 1 fully saturated rings. The molecule has 1 unspecified atom stereocenters. The Morgan fingerprint density at radius 1 is 1.61 bits per heavy atom. The lowest BCUT2D eigenvalue weighted by Gasteiger charge is -2.15. The number of nitrogens with zero attached hydrogens (tertiary/aromatic N) is 3. The number of aliphatic carboxylic acids is 1. The maximum Gasteiger partial charge on any atom is 0.303 e. The molecule has 0 aliphatic carbocycles. The van der Waals surface area contributed by atoms with Crippen LogP contribution in [0.5, 0.6) is 0 Å². The van der Waals surface area contributed by atoms with Gasteiger partial charge in [0.1, 0.15) is 0 Å².